The molecule has 3 aromatic rings. The number of hydrogen-bond donors (Lipinski definition) is 2. The number of benzene rings is 1. The van der Waals surface area contributed by atoms with Crippen LogP contribution in [0.2, 0.25) is 0 Å². The van der Waals surface area contributed by atoms with E-state index in [0.29, 0.717) is 23.9 Å². The van der Waals surface area contributed by atoms with E-state index in [2.05, 4.69) is 15.1 Å². The third-order valence-corrected chi connectivity index (χ3v) is 4.69. The SMILES string of the molecule is O=C(O)c1ccccc1-c1ccc(CN2CCCC2c2ccn[nH]2)o1. The second-order valence-electron chi connectivity index (χ2n) is 6.26. The molecular weight excluding hydrogens is 318 g/mol. The summed E-state index contributed by atoms with van der Waals surface area (Å²) in [6, 6.07) is 13.0. The van der Waals surface area contributed by atoms with Crippen molar-refractivity contribution in [2.24, 2.45) is 0 Å². The van der Waals surface area contributed by atoms with E-state index in [1.165, 1.54) is 0 Å². The summed E-state index contributed by atoms with van der Waals surface area (Å²) < 4.78 is 5.96. The Morgan fingerprint density at radius 1 is 1.28 bits per heavy atom. The fraction of sp³-hybridized carbons (Fsp3) is 0.263. The van der Waals surface area contributed by atoms with Crippen LogP contribution < -0.4 is 0 Å². The summed E-state index contributed by atoms with van der Waals surface area (Å²) in [6.07, 6.45) is 4.01. The van der Waals surface area contributed by atoms with Crippen LogP contribution in [0.3, 0.4) is 0 Å². The molecular formula is C19H19N3O3. The monoisotopic (exact) mass is 337 g/mol. The number of carbonyl (C=O) groups is 1. The molecule has 6 nitrogen and oxygen atoms in total. The zero-order valence-electron chi connectivity index (χ0n) is 13.7. The van der Waals surface area contributed by atoms with Crippen molar-refractivity contribution in [3.05, 3.63) is 65.7 Å². The number of nitrogens with one attached hydrogen (secondary N) is 1. The number of aromatic nitrogens is 2. The molecule has 0 aliphatic carbocycles. The zero-order valence-corrected chi connectivity index (χ0v) is 13.7. The molecule has 0 spiro atoms. The summed E-state index contributed by atoms with van der Waals surface area (Å²) in [4.78, 5) is 13.8. The molecule has 1 atom stereocenters. The van der Waals surface area contributed by atoms with Gasteiger partial charge in [-0.25, -0.2) is 4.79 Å². The molecule has 6 heteroatoms. The number of carboxylic acid groups (broad SMARTS) is 1. The van der Waals surface area contributed by atoms with Crippen LogP contribution in [0.4, 0.5) is 0 Å². The molecule has 25 heavy (non-hydrogen) atoms. The smallest absolute Gasteiger partial charge is 0.336 e. The minimum Gasteiger partial charge on any atom is -0.478 e. The van der Waals surface area contributed by atoms with Crippen LogP contribution in [0.15, 0.2) is 53.1 Å². The van der Waals surface area contributed by atoms with Gasteiger partial charge in [0.1, 0.15) is 11.5 Å². The Morgan fingerprint density at radius 3 is 2.96 bits per heavy atom. The number of aromatic amines is 1. The molecule has 0 radical (unpaired) electrons. The lowest BCUT2D eigenvalue weighted by Crippen LogP contribution is -2.22. The van der Waals surface area contributed by atoms with Gasteiger partial charge in [0, 0.05) is 11.8 Å². The van der Waals surface area contributed by atoms with Crippen molar-refractivity contribution in [2.45, 2.75) is 25.4 Å². The number of carboxylic acids is 1. The first-order valence-corrected chi connectivity index (χ1v) is 8.37. The lowest BCUT2D eigenvalue weighted by Gasteiger charge is -2.22. The second-order valence-corrected chi connectivity index (χ2v) is 6.26. The van der Waals surface area contributed by atoms with Gasteiger partial charge in [0.05, 0.1) is 23.8 Å². The van der Waals surface area contributed by atoms with Gasteiger partial charge in [0.2, 0.25) is 0 Å². The molecule has 2 N–H and O–H groups in total. The Labute approximate surface area is 145 Å². The van der Waals surface area contributed by atoms with Gasteiger partial charge in [-0.2, -0.15) is 5.10 Å². The van der Waals surface area contributed by atoms with E-state index in [-0.39, 0.29) is 5.56 Å². The number of H-pyrrole nitrogens is 1. The summed E-state index contributed by atoms with van der Waals surface area (Å²) in [7, 11) is 0. The molecule has 0 saturated carbocycles. The first kappa shape index (κ1) is 15.7. The van der Waals surface area contributed by atoms with Crippen molar-refractivity contribution < 1.29 is 14.3 Å². The summed E-state index contributed by atoms with van der Waals surface area (Å²) in [5, 5.41) is 16.5. The van der Waals surface area contributed by atoms with Crippen molar-refractivity contribution in [1.82, 2.24) is 15.1 Å². The van der Waals surface area contributed by atoms with E-state index < -0.39 is 5.97 Å². The Kier molecular flexibility index (Phi) is 4.11. The molecule has 0 bridgehead atoms. The summed E-state index contributed by atoms with van der Waals surface area (Å²) in [6.45, 7) is 1.70. The van der Waals surface area contributed by atoms with Crippen LogP contribution in [0.5, 0.6) is 0 Å². The highest BCUT2D eigenvalue weighted by Gasteiger charge is 2.27. The lowest BCUT2D eigenvalue weighted by molar-refractivity contribution is 0.0697. The molecule has 1 fully saturated rings. The van der Waals surface area contributed by atoms with Gasteiger partial charge < -0.3 is 9.52 Å². The number of likely N-dealkylation sites (tertiary alicyclic amines) is 1. The average molecular weight is 337 g/mol. The third-order valence-electron chi connectivity index (χ3n) is 4.69. The molecule has 1 aliphatic heterocycles. The topological polar surface area (TPSA) is 82.4 Å². The number of furan rings is 1. The third kappa shape index (κ3) is 3.08. The maximum atomic E-state index is 11.4. The molecule has 1 saturated heterocycles. The second kappa shape index (κ2) is 6.57. The Hall–Kier alpha value is -2.86. The maximum Gasteiger partial charge on any atom is 0.336 e. The van der Waals surface area contributed by atoms with Crippen LogP contribution in [0.25, 0.3) is 11.3 Å². The normalized spacial score (nSPS) is 17.8. The van der Waals surface area contributed by atoms with Gasteiger partial charge >= 0.3 is 5.97 Å². The summed E-state index contributed by atoms with van der Waals surface area (Å²) in [5.41, 5.74) is 1.98. The predicted molar refractivity (Wildman–Crippen MR) is 92.1 cm³/mol. The van der Waals surface area contributed by atoms with Crippen LogP contribution >= 0.6 is 0 Å². The molecule has 4 rings (SSSR count). The van der Waals surface area contributed by atoms with E-state index in [0.717, 1.165) is 30.8 Å². The van der Waals surface area contributed by atoms with Gasteiger partial charge in [-0.15, -0.1) is 0 Å². The van der Waals surface area contributed by atoms with Gasteiger partial charge in [-0.05, 0) is 43.7 Å². The van der Waals surface area contributed by atoms with Gasteiger partial charge in [-0.3, -0.25) is 10.00 Å². The van der Waals surface area contributed by atoms with E-state index in [4.69, 9.17) is 4.42 Å². The largest absolute Gasteiger partial charge is 0.478 e. The Balaban J connectivity index is 1.55. The van der Waals surface area contributed by atoms with Crippen molar-refractivity contribution in [1.29, 1.82) is 0 Å². The van der Waals surface area contributed by atoms with Gasteiger partial charge in [0.25, 0.3) is 0 Å². The van der Waals surface area contributed by atoms with Crippen molar-refractivity contribution in [3.63, 3.8) is 0 Å². The van der Waals surface area contributed by atoms with Gasteiger partial charge in [0.15, 0.2) is 0 Å². The molecule has 0 amide bonds. The van der Waals surface area contributed by atoms with Crippen LogP contribution in [0, 0.1) is 0 Å². The van der Waals surface area contributed by atoms with E-state index in [1.54, 1.807) is 24.4 Å². The fourth-order valence-corrected chi connectivity index (χ4v) is 3.51. The van der Waals surface area contributed by atoms with E-state index in [1.807, 2.05) is 24.3 Å². The number of aromatic carboxylic acids is 1. The van der Waals surface area contributed by atoms with Gasteiger partial charge in [-0.1, -0.05) is 18.2 Å². The lowest BCUT2D eigenvalue weighted by atomic mass is 10.1. The van der Waals surface area contributed by atoms with Crippen molar-refractivity contribution >= 4 is 5.97 Å². The highest BCUT2D eigenvalue weighted by atomic mass is 16.4. The average Bonchev–Trinajstić information content (AvgIpc) is 3.36. The van der Waals surface area contributed by atoms with Crippen molar-refractivity contribution in [2.75, 3.05) is 6.54 Å². The minimum atomic E-state index is -0.951. The maximum absolute atomic E-state index is 11.4. The highest BCUT2D eigenvalue weighted by molar-refractivity contribution is 5.95. The summed E-state index contributed by atoms with van der Waals surface area (Å²) in [5.74, 6) is 0.472. The summed E-state index contributed by atoms with van der Waals surface area (Å²) >= 11 is 0. The number of rotatable bonds is 5. The first-order valence-electron chi connectivity index (χ1n) is 8.37. The Bertz CT molecular complexity index is 870. The highest BCUT2D eigenvalue weighted by Crippen LogP contribution is 2.33. The zero-order chi connectivity index (χ0) is 17.2. The quantitative estimate of drug-likeness (QED) is 0.742. The first-order chi connectivity index (χ1) is 12.2. The van der Waals surface area contributed by atoms with Crippen LogP contribution in [0.1, 0.15) is 40.7 Å². The molecule has 1 aliphatic rings. The van der Waals surface area contributed by atoms with Crippen LogP contribution in [-0.2, 0) is 6.54 Å². The number of hydrogen-bond acceptors (Lipinski definition) is 4. The Morgan fingerprint density at radius 2 is 2.16 bits per heavy atom. The van der Waals surface area contributed by atoms with E-state index >= 15 is 0 Å². The fourth-order valence-electron chi connectivity index (χ4n) is 3.51. The molecule has 128 valence electrons. The van der Waals surface area contributed by atoms with Crippen LogP contribution in [-0.4, -0.2) is 32.7 Å². The predicted octanol–water partition coefficient (Wildman–Crippen LogP) is 3.71. The minimum absolute atomic E-state index is 0.250. The number of nitrogens with zero attached hydrogens (tertiary/aromatic N) is 2. The standard InChI is InChI=1S/C19H19N3O3/c23-19(24)15-5-2-1-4-14(15)18-8-7-13(25-18)12-22-11-3-6-17(22)16-9-10-20-21-16/h1-2,4-5,7-10,17H,3,6,11-12H2,(H,20,21)(H,23,24). The van der Waals surface area contributed by atoms with Crippen molar-refractivity contribution in [3.8, 4) is 11.3 Å². The molecule has 1 aromatic carbocycles. The van der Waals surface area contributed by atoms with E-state index in [9.17, 15) is 9.90 Å². The molecule has 1 unspecified atom stereocenters. The molecule has 2 aromatic heterocycles. The molecule has 3 heterocycles.